The minimum absolute atomic E-state index is 0.103. The van der Waals surface area contributed by atoms with Gasteiger partial charge in [0.15, 0.2) is 0 Å². The number of hydrogen-bond acceptors (Lipinski definition) is 3. The summed E-state index contributed by atoms with van der Waals surface area (Å²) in [6.07, 6.45) is 5.00. The van der Waals surface area contributed by atoms with E-state index in [0.29, 0.717) is 5.69 Å². The number of aromatic nitrogens is 3. The third-order valence-corrected chi connectivity index (χ3v) is 2.89. The third-order valence-electron chi connectivity index (χ3n) is 2.89. The fraction of sp³-hybridized carbons (Fsp3) is 0.357. The van der Waals surface area contributed by atoms with Gasteiger partial charge < -0.3 is 5.11 Å². The van der Waals surface area contributed by atoms with Gasteiger partial charge in [-0.05, 0) is 30.5 Å². The predicted molar refractivity (Wildman–Crippen MR) is 71.3 cm³/mol. The van der Waals surface area contributed by atoms with Gasteiger partial charge in [0.05, 0.1) is 24.0 Å². The second-order valence-electron chi connectivity index (χ2n) is 4.49. The van der Waals surface area contributed by atoms with Crippen LogP contribution in [0.3, 0.4) is 0 Å². The number of benzene rings is 1. The molecule has 0 fully saturated rings. The van der Waals surface area contributed by atoms with E-state index in [1.807, 2.05) is 12.1 Å². The van der Waals surface area contributed by atoms with Crippen molar-refractivity contribution in [3.05, 3.63) is 41.7 Å². The molecule has 1 aromatic carbocycles. The lowest BCUT2D eigenvalue weighted by molar-refractivity contribution is -0.136. The monoisotopic (exact) mass is 259 g/mol. The van der Waals surface area contributed by atoms with E-state index in [2.05, 4.69) is 29.4 Å². The number of rotatable bonds is 6. The number of unbranched alkanes of at least 4 members (excludes halogenated alkanes) is 1. The minimum atomic E-state index is -0.901. The fourth-order valence-corrected chi connectivity index (χ4v) is 1.86. The van der Waals surface area contributed by atoms with Crippen molar-refractivity contribution in [1.82, 2.24) is 15.0 Å². The smallest absolute Gasteiger partial charge is 0.309 e. The molecule has 0 saturated carbocycles. The highest BCUT2D eigenvalue weighted by molar-refractivity contribution is 5.69. The van der Waals surface area contributed by atoms with Crippen LogP contribution in [-0.4, -0.2) is 26.1 Å². The molecule has 0 radical (unpaired) electrons. The normalized spacial score (nSPS) is 10.6. The molecular formula is C14H17N3O2. The molecule has 1 N–H and O–H groups in total. The Balaban J connectivity index is 2.09. The van der Waals surface area contributed by atoms with Gasteiger partial charge >= 0.3 is 5.97 Å². The van der Waals surface area contributed by atoms with Gasteiger partial charge in [0, 0.05) is 0 Å². The average Bonchev–Trinajstić information content (AvgIpc) is 2.84. The van der Waals surface area contributed by atoms with Crippen LogP contribution in [0, 0.1) is 0 Å². The Morgan fingerprint density at radius 1 is 1.32 bits per heavy atom. The Labute approximate surface area is 111 Å². The first-order chi connectivity index (χ1) is 9.19. The molecular weight excluding hydrogens is 242 g/mol. The maximum Gasteiger partial charge on any atom is 0.309 e. The van der Waals surface area contributed by atoms with Gasteiger partial charge in [-0.15, -0.1) is 5.10 Å². The molecule has 0 saturated heterocycles. The first-order valence-corrected chi connectivity index (χ1v) is 6.41. The van der Waals surface area contributed by atoms with Crippen LogP contribution in [0.15, 0.2) is 30.5 Å². The lowest BCUT2D eigenvalue weighted by Crippen LogP contribution is -1.99. The number of hydrogen-bond donors (Lipinski definition) is 1. The molecule has 0 aliphatic rings. The van der Waals surface area contributed by atoms with Gasteiger partial charge in [-0.2, -0.15) is 0 Å². The molecule has 0 bridgehead atoms. The summed E-state index contributed by atoms with van der Waals surface area (Å²) in [6, 6.07) is 8.10. The van der Waals surface area contributed by atoms with E-state index >= 15 is 0 Å². The topological polar surface area (TPSA) is 68.0 Å². The molecule has 5 nitrogen and oxygen atoms in total. The predicted octanol–water partition coefficient (Wildman–Crippen LogP) is 2.24. The highest BCUT2D eigenvalue weighted by atomic mass is 16.4. The second kappa shape index (κ2) is 6.13. The summed E-state index contributed by atoms with van der Waals surface area (Å²) >= 11 is 0. The van der Waals surface area contributed by atoms with Crippen molar-refractivity contribution in [3.63, 3.8) is 0 Å². The molecule has 19 heavy (non-hydrogen) atoms. The molecule has 1 heterocycles. The van der Waals surface area contributed by atoms with Crippen LogP contribution in [0.25, 0.3) is 5.69 Å². The van der Waals surface area contributed by atoms with Gasteiger partial charge in [-0.3, -0.25) is 4.79 Å². The van der Waals surface area contributed by atoms with E-state index < -0.39 is 5.97 Å². The van der Waals surface area contributed by atoms with Crippen molar-refractivity contribution in [2.75, 3.05) is 0 Å². The van der Waals surface area contributed by atoms with Crippen molar-refractivity contribution in [2.24, 2.45) is 0 Å². The zero-order valence-corrected chi connectivity index (χ0v) is 10.9. The van der Waals surface area contributed by atoms with Crippen molar-refractivity contribution >= 4 is 5.97 Å². The molecule has 2 rings (SSSR count). The number of carboxylic acids is 1. The summed E-state index contributed by atoms with van der Waals surface area (Å²) in [5.41, 5.74) is 2.66. The molecule has 0 unspecified atom stereocenters. The molecule has 0 aliphatic heterocycles. The van der Waals surface area contributed by atoms with Crippen LogP contribution in [0.5, 0.6) is 0 Å². The van der Waals surface area contributed by atoms with Crippen molar-refractivity contribution in [2.45, 2.75) is 32.6 Å². The Morgan fingerprint density at radius 2 is 2.05 bits per heavy atom. The maximum atomic E-state index is 10.6. The summed E-state index contributed by atoms with van der Waals surface area (Å²) < 4.78 is 1.60. The Morgan fingerprint density at radius 3 is 2.68 bits per heavy atom. The van der Waals surface area contributed by atoms with Crippen molar-refractivity contribution in [1.29, 1.82) is 0 Å². The van der Waals surface area contributed by atoms with Gasteiger partial charge in [0.2, 0.25) is 0 Å². The Hall–Kier alpha value is -2.17. The molecule has 2 aromatic rings. The van der Waals surface area contributed by atoms with E-state index in [9.17, 15) is 4.79 Å². The Kier molecular flexibility index (Phi) is 4.28. The van der Waals surface area contributed by atoms with Gasteiger partial charge in [-0.25, -0.2) is 4.68 Å². The largest absolute Gasteiger partial charge is 0.481 e. The first-order valence-electron chi connectivity index (χ1n) is 6.41. The summed E-state index contributed by atoms with van der Waals surface area (Å²) in [5, 5.41) is 16.5. The number of nitrogens with zero attached hydrogens (tertiary/aromatic N) is 3. The summed E-state index contributed by atoms with van der Waals surface area (Å²) in [6.45, 7) is 2.17. The lowest BCUT2D eigenvalue weighted by atomic mass is 10.1. The highest BCUT2D eigenvalue weighted by Gasteiger charge is 2.06. The van der Waals surface area contributed by atoms with E-state index in [-0.39, 0.29) is 6.42 Å². The zero-order chi connectivity index (χ0) is 13.7. The van der Waals surface area contributed by atoms with E-state index in [4.69, 9.17) is 5.11 Å². The zero-order valence-electron chi connectivity index (χ0n) is 10.9. The quantitative estimate of drug-likeness (QED) is 0.863. The molecule has 1 aromatic heterocycles. The SMILES string of the molecule is CCCCc1ccc(-n2cc(CC(=O)O)nn2)cc1. The molecule has 100 valence electrons. The minimum Gasteiger partial charge on any atom is -0.481 e. The van der Waals surface area contributed by atoms with Gasteiger partial charge in [0.25, 0.3) is 0 Å². The van der Waals surface area contributed by atoms with Crippen LogP contribution in [0.2, 0.25) is 0 Å². The summed E-state index contributed by atoms with van der Waals surface area (Å²) in [4.78, 5) is 10.6. The summed E-state index contributed by atoms with van der Waals surface area (Å²) in [7, 11) is 0. The van der Waals surface area contributed by atoms with E-state index in [0.717, 1.165) is 12.1 Å². The van der Waals surface area contributed by atoms with Crippen LogP contribution in [-0.2, 0) is 17.6 Å². The maximum absolute atomic E-state index is 10.6. The average molecular weight is 259 g/mol. The number of aryl methyl sites for hydroxylation is 1. The van der Waals surface area contributed by atoms with Crippen molar-refractivity contribution < 1.29 is 9.90 Å². The third kappa shape index (κ3) is 3.64. The number of aliphatic carboxylic acids is 1. The number of carboxylic acid groups (broad SMARTS) is 1. The van der Waals surface area contributed by atoms with Crippen molar-refractivity contribution in [3.8, 4) is 5.69 Å². The van der Waals surface area contributed by atoms with Crippen LogP contribution in [0.1, 0.15) is 31.0 Å². The fourth-order valence-electron chi connectivity index (χ4n) is 1.86. The van der Waals surface area contributed by atoms with Gasteiger partial charge in [0.1, 0.15) is 0 Å². The highest BCUT2D eigenvalue weighted by Crippen LogP contribution is 2.11. The second-order valence-corrected chi connectivity index (χ2v) is 4.49. The molecule has 0 aliphatic carbocycles. The van der Waals surface area contributed by atoms with Gasteiger partial charge in [-0.1, -0.05) is 30.7 Å². The molecule has 5 heteroatoms. The molecule has 0 atom stereocenters. The molecule has 0 spiro atoms. The summed E-state index contributed by atoms with van der Waals surface area (Å²) in [5.74, 6) is -0.901. The van der Waals surface area contributed by atoms with Crippen LogP contribution < -0.4 is 0 Å². The van der Waals surface area contributed by atoms with E-state index in [1.165, 1.54) is 18.4 Å². The Bertz CT molecular complexity index is 546. The first kappa shape index (κ1) is 13.3. The molecule has 0 amide bonds. The number of carbonyl (C=O) groups is 1. The van der Waals surface area contributed by atoms with Crippen LogP contribution >= 0.6 is 0 Å². The lowest BCUT2D eigenvalue weighted by Gasteiger charge is -2.02. The van der Waals surface area contributed by atoms with Crippen LogP contribution in [0.4, 0.5) is 0 Å². The van der Waals surface area contributed by atoms with E-state index in [1.54, 1.807) is 10.9 Å². The standard InChI is InChI=1S/C14H17N3O2/c1-2-3-4-11-5-7-13(8-6-11)17-10-12(15-16-17)9-14(18)19/h5-8,10H,2-4,9H2,1H3,(H,18,19).